The van der Waals surface area contributed by atoms with Gasteiger partial charge >= 0.3 is 0 Å². The van der Waals surface area contributed by atoms with E-state index in [-0.39, 0.29) is 11.6 Å². The van der Waals surface area contributed by atoms with Crippen LogP contribution >= 0.6 is 11.3 Å². The molecule has 3 heterocycles. The van der Waals surface area contributed by atoms with Gasteiger partial charge in [0.1, 0.15) is 11.8 Å². The Morgan fingerprint density at radius 1 is 1.23 bits per heavy atom. The van der Waals surface area contributed by atoms with Gasteiger partial charge in [-0.2, -0.15) is 10.2 Å². The maximum atomic E-state index is 12.5. The third kappa shape index (κ3) is 4.78. The van der Waals surface area contributed by atoms with Crippen LogP contribution in [-0.4, -0.2) is 48.6 Å². The van der Waals surface area contributed by atoms with Gasteiger partial charge in [0.15, 0.2) is 0 Å². The van der Waals surface area contributed by atoms with Crippen molar-refractivity contribution in [1.82, 2.24) is 9.88 Å². The van der Waals surface area contributed by atoms with Crippen LogP contribution in [-0.2, 0) is 0 Å². The number of piperazine rings is 1. The number of benzene rings is 1. The van der Waals surface area contributed by atoms with E-state index in [2.05, 4.69) is 11.1 Å². The molecule has 0 radical (unpaired) electrons. The summed E-state index contributed by atoms with van der Waals surface area (Å²) in [5.41, 5.74) is 1.23. The fraction of sp³-hybridized carbons (Fsp3) is 0.261. The molecular weight excluding hydrogens is 412 g/mol. The summed E-state index contributed by atoms with van der Waals surface area (Å²) >= 11 is 1.45. The fourth-order valence-corrected chi connectivity index (χ4v) is 4.06. The van der Waals surface area contributed by atoms with Gasteiger partial charge in [0.05, 0.1) is 11.5 Å². The molecular formula is C23H22N4O3S. The molecule has 1 aromatic carbocycles. The van der Waals surface area contributed by atoms with Crippen molar-refractivity contribution in [3.05, 3.63) is 63.8 Å². The number of aromatic nitrogens is 1. The van der Waals surface area contributed by atoms with Crippen LogP contribution in [0.15, 0.2) is 46.2 Å². The Labute approximate surface area is 184 Å². The number of oxazole rings is 1. The van der Waals surface area contributed by atoms with Gasteiger partial charge in [-0.25, -0.2) is 0 Å². The minimum Gasteiger partial charge on any atom is -0.494 e. The number of thiophene rings is 1. The van der Waals surface area contributed by atoms with E-state index in [0.29, 0.717) is 44.6 Å². The molecule has 2 aromatic heterocycles. The van der Waals surface area contributed by atoms with Crippen LogP contribution in [0.2, 0.25) is 0 Å². The zero-order valence-electron chi connectivity index (χ0n) is 17.2. The Balaban J connectivity index is 1.42. The summed E-state index contributed by atoms with van der Waals surface area (Å²) in [5.74, 6) is 1.70. The predicted molar refractivity (Wildman–Crippen MR) is 120 cm³/mol. The van der Waals surface area contributed by atoms with Crippen LogP contribution in [0.25, 0.3) is 12.2 Å². The highest BCUT2D eigenvalue weighted by atomic mass is 32.1. The van der Waals surface area contributed by atoms with E-state index >= 15 is 0 Å². The second kappa shape index (κ2) is 9.49. The third-order valence-electron chi connectivity index (χ3n) is 4.93. The Morgan fingerprint density at radius 3 is 2.65 bits per heavy atom. The normalized spacial score (nSPS) is 14.1. The van der Waals surface area contributed by atoms with E-state index in [1.165, 1.54) is 11.3 Å². The number of hydrogen-bond donors (Lipinski definition) is 0. The first-order valence-electron chi connectivity index (χ1n) is 10.1. The molecule has 7 nitrogen and oxygen atoms in total. The number of carbonyl (C=O) groups is 1. The molecule has 1 amide bonds. The van der Waals surface area contributed by atoms with Crippen molar-refractivity contribution >= 4 is 35.3 Å². The van der Waals surface area contributed by atoms with Gasteiger partial charge in [-0.15, -0.1) is 11.3 Å². The van der Waals surface area contributed by atoms with E-state index < -0.39 is 0 Å². The molecule has 8 heteroatoms. The van der Waals surface area contributed by atoms with Crippen LogP contribution in [0.4, 0.5) is 5.88 Å². The Morgan fingerprint density at radius 2 is 2.00 bits per heavy atom. The molecule has 0 spiro atoms. The average Bonchev–Trinajstić information content (AvgIpc) is 3.49. The van der Waals surface area contributed by atoms with Crippen molar-refractivity contribution in [2.24, 2.45) is 0 Å². The summed E-state index contributed by atoms with van der Waals surface area (Å²) < 4.78 is 11.3. The van der Waals surface area contributed by atoms with Crippen LogP contribution in [0, 0.1) is 11.3 Å². The standard InChI is InChI=1S/C23H22N4O3S/c1-2-29-18-8-5-17(6-9-18)7-10-21-25-19(16-24)23(30-21)27-13-11-26(12-14-27)22(28)20-4-3-15-31-20/h3-10,15H,2,11-14H2,1H3/b10-7+. The number of ether oxygens (including phenoxy) is 1. The van der Waals surface area contributed by atoms with Gasteiger partial charge in [-0.1, -0.05) is 18.2 Å². The van der Waals surface area contributed by atoms with Crippen LogP contribution in [0.3, 0.4) is 0 Å². The summed E-state index contributed by atoms with van der Waals surface area (Å²) in [4.78, 5) is 21.4. The minimum absolute atomic E-state index is 0.0479. The average molecular weight is 435 g/mol. The van der Waals surface area contributed by atoms with E-state index in [1.807, 2.05) is 64.6 Å². The second-order valence-corrected chi connectivity index (χ2v) is 7.86. The first-order chi connectivity index (χ1) is 15.2. The molecule has 1 aliphatic rings. The first-order valence-corrected chi connectivity index (χ1v) is 11.0. The lowest BCUT2D eigenvalue weighted by Crippen LogP contribution is -2.48. The van der Waals surface area contributed by atoms with Crippen LogP contribution in [0.5, 0.6) is 5.75 Å². The summed E-state index contributed by atoms with van der Waals surface area (Å²) in [7, 11) is 0. The number of rotatable bonds is 6. The molecule has 0 atom stereocenters. The van der Waals surface area contributed by atoms with Gasteiger partial charge < -0.3 is 19.0 Å². The fourth-order valence-electron chi connectivity index (χ4n) is 3.36. The Bertz CT molecular complexity index is 1090. The summed E-state index contributed by atoms with van der Waals surface area (Å²) in [6, 6.07) is 13.5. The number of carbonyl (C=O) groups excluding carboxylic acids is 1. The molecule has 1 aliphatic heterocycles. The molecule has 3 aromatic rings. The van der Waals surface area contributed by atoms with E-state index in [0.717, 1.165) is 16.2 Å². The van der Waals surface area contributed by atoms with Crippen molar-refractivity contribution in [2.75, 3.05) is 37.7 Å². The number of anilines is 1. The second-order valence-electron chi connectivity index (χ2n) is 6.91. The molecule has 158 valence electrons. The Kier molecular flexibility index (Phi) is 6.34. The zero-order chi connectivity index (χ0) is 21.6. The lowest BCUT2D eigenvalue weighted by molar-refractivity contribution is 0.0750. The van der Waals surface area contributed by atoms with Gasteiger partial charge in [0, 0.05) is 32.3 Å². The molecule has 1 fully saturated rings. The number of nitrogens with zero attached hydrogens (tertiary/aromatic N) is 4. The summed E-state index contributed by atoms with van der Waals surface area (Å²) in [6.45, 7) is 4.88. The van der Waals surface area contributed by atoms with E-state index in [1.54, 1.807) is 6.08 Å². The monoisotopic (exact) mass is 434 g/mol. The van der Waals surface area contributed by atoms with E-state index in [9.17, 15) is 10.1 Å². The zero-order valence-corrected chi connectivity index (χ0v) is 18.0. The molecule has 0 unspecified atom stereocenters. The molecule has 4 rings (SSSR count). The van der Waals surface area contributed by atoms with Crippen molar-refractivity contribution in [1.29, 1.82) is 5.26 Å². The minimum atomic E-state index is 0.0479. The summed E-state index contributed by atoms with van der Waals surface area (Å²) in [5, 5.41) is 11.4. The van der Waals surface area contributed by atoms with Crippen LogP contribution in [0.1, 0.15) is 33.7 Å². The van der Waals surface area contributed by atoms with Crippen LogP contribution < -0.4 is 9.64 Å². The largest absolute Gasteiger partial charge is 0.494 e. The van der Waals surface area contributed by atoms with Crippen molar-refractivity contribution in [3.63, 3.8) is 0 Å². The SMILES string of the molecule is CCOc1ccc(/C=C/c2nc(C#N)c(N3CCN(C(=O)c4cccs4)CC3)o2)cc1. The highest BCUT2D eigenvalue weighted by Gasteiger charge is 2.26. The van der Waals surface area contributed by atoms with Gasteiger partial charge in [-0.05, 0) is 42.1 Å². The lowest BCUT2D eigenvalue weighted by Gasteiger charge is -2.34. The molecule has 0 aliphatic carbocycles. The maximum absolute atomic E-state index is 12.5. The topological polar surface area (TPSA) is 82.6 Å². The highest BCUT2D eigenvalue weighted by Crippen LogP contribution is 2.25. The smallest absolute Gasteiger partial charge is 0.264 e. The Hall–Kier alpha value is -3.57. The van der Waals surface area contributed by atoms with Crippen molar-refractivity contribution < 1.29 is 13.9 Å². The third-order valence-corrected chi connectivity index (χ3v) is 5.79. The summed E-state index contributed by atoms with van der Waals surface area (Å²) in [6.07, 6.45) is 3.63. The predicted octanol–water partition coefficient (Wildman–Crippen LogP) is 4.14. The van der Waals surface area contributed by atoms with Crippen molar-refractivity contribution in [2.45, 2.75) is 6.92 Å². The molecule has 31 heavy (non-hydrogen) atoms. The first kappa shape index (κ1) is 20.7. The van der Waals surface area contributed by atoms with Gasteiger partial charge in [0.2, 0.25) is 17.5 Å². The van der Waals surface area contributed by atoms with E-state index in [4.69, 9.17) is 9.15 Å². The number of nitriles is 1. The molecule has 0 bridgehead atoms. The number of hydrogen-bond acceptors (Lipinski definition) is 7. The van der Waals surface area contributed by atoms with Gasteiger partial charge in [0.25, 0.3) is 5.91 Å². The molecule has 1 saturated heterocycles. The molecule has 0 N–H and O–H groups in total. The quantitative estimate of drug-likeness (QED) is 0.580. The van der Waals surface area contributed by atoms with Gasteiger partial charge in [-0.3, -0.25) is 4.79 Å². The maximum Gasteiger partial charge on any atom is 0.264 e. The lowest BCUT2D eigenvalue weighted by atomic mass is 10.2. The van der Waals surface area contributed by atoms with Crippen molar-refractivity contribution in [3.8, 4) is 11.8 Å². The molecule has 0 saturated carbocycles. The highest BCUT2D eigenvalue weighted by molar-refractivity contribution is 7.12. The number of amides is 1.